The van der Waals surface area contributed by atoms with Crippen molar-refractivity contribution in [3.8, 4) is 0 Å². The van der Waals surface area contributed by atoms with Gasteiger partial charge in [0.05, 0.1) is 4.34 Å². The number of benzene rings is 1. The van der Waals surface area contributed by atoms with E-state index in [9.17, 15) is 18.0 Å². The molecule has 0 atom stereocenters. The Morgan fingerprint density at radius 1 is 1.25 bits per heavy atom. The fraction of sp³-hybridized carbons (Fsp3) is 0.190. The van der Waals surface area contributed by atoms with E-state index in [0.717, 1.165) is 22.4 Å². The summed E-state index contributed by atoms with van der Waals surface area (Å²) < 4.78 is 32.4. The molecule has 0 bridgehead atoms. The number of aliphatic carboxylic acids is 1. The van der Waals surface area contributed by atoms with Crippen LogP contribution in [0.25, 0.3) is 11.6 Å². The first-order valence-electron chi connectivity index (χ1n) is 9.13. The smallest absolute Gasteiger partial charge is 0.475 e. The van der Waals surface area contributed by atoms with Crippen molar-refractivity contribution in [3.63, 3.8) is 0 Å². The number of amides is 1. The van der Waals surface area contributed by atoms with Crippen LogP contribution in [-0.2, 0) is 9.59 Å². The normalized spacial score (nSPS) is 13.9. The molecule has 1 aromatic heterocycles. The molecular weight excluding hydrogens is 467 g/mol. The minimum atomic E-state index is -5.08. The van der Waals surface area contributed by atoms with E-state index in [1.165, 1.54) is 16.9 Å². The van der Waals surface area contributed by atoms with E-state index in [1.807, 2.05) is 41.3 Å². The molecule has 11 heteroatoms. The number of nitrogens with two attached hydrogens (primary N) is 1. The van der Waals surface area contributed by atoms with Gasteiger partial charge in [-0.05, 0) is 41.8 Å². The van der Waals surface area contributed by atoms with Crippen molar-refractivity contribution in [2.45, 2.75) is 12.6 Å². The van der Waals surface area contributed by atoms with Gasteiger partial charge in [-0.25, -0.2) is 4.79 Å². The molecule has 4 N–H and O–H groups in total. The highest BCUT2D eigenvalue weighted by molar-refractivity contribution is 7.17. The Morgan fingerprint density at radius 3 is 2.44 bits per heavy atom. The standard InChI is InChI=1S/C19H18ClN3OS.C2HF3O2/c20-17-6-4-16(25-17)5-7-18(24)23-10-8-13(9-11-23)14-2-1-3-15(12-14)19(21)22;3-2(4,5)1(6)7/h1-8,12H,9-11H2,(H3,21,22);(H,6,7). The predicted molar refractivity (Wildman–Crippen MR) is 119 cm³/mol. The van der Waals surface area contributed by atoms with Crippen LogP contribution in [0.4, 0.5) is 13.2 Å². The summed E-state index contributed by atoms with van der Waals surface area (Å²) >= 11 is 7.34. The Hall–Kier alpha value is -3.11. The summed E-state index contributed by atoms with van der Waals surface area (Å²) in [6.07, 6.45) is 1.16. The molecule has 0 radical (unpaired) electrons. The largest absolute Gasteiger partial charge is 0.490 e. The van der Waals surface area contributed by atoms with Gasteiger partial charge in [0.1, 0.15) is 5.84 Å². The lowest BCUT2D eigenvalue weighted by Gasteiger charge is -2.25. The van der Waals surface area contributed by atoms with Gasteiger partial charge in [-0.15, -0.1) is 11.3 Å². The summed E-state index contributed by atoms with van der Waals surface area (Å²) in [5.74, 6) is -2.70. The third-order valence-electron chi connectivity index (χ3n) is 4.29. The van der Waals surface area contributed by atoms with E-state index >= 15 is 0 Å². The SMILES string of the molecule is N=C(N)c1cccc(C2=CCN(C(=O)C=Cc3ccc(Cl)s3)CC2)c1.O=C(O)C(F)(F)F. The molecule has 2 heterocycles. The highest BCUT2D eigenvalue weighted by atomic mass is 35.5. The maximum atomic E-state index is 12.3. The minimum Gasteiger partial charge on any atom is -0.475 e. The lowest BCUT2D eigenvalue weighted by molar-refractivity contribution is -0.192. The number of halogens is 4. The van der Waals surface area contributed by atoms with Gasteiger partial charge < -0.3 is 15.7 Å². The molecule has 6 nitrogen and oxygen atoms in total. The molecule has 170 valence electrons. The fourth-order valence-corrected chi connectivity index (χ4v) is 3.66. The molecule has 1 aliphatic rings. The number of nitrogen functional groups attached to an aromatic ring is 1. The number of alkyl halides is 3. The van der Waals surface area contributed by atoms with Gasteiger partial charge in [0, 0.05) is 29.6 Å². The number of nitrogens with zero attached hydrogens (tertiary/aromatic N) is 1. The molecule has 2 aromatic rings. The number of hydrogen-bond donors (Lipinski definition) is 3. The number of hydrogen-bond acceptors (Lipinski definition) is 4. The second-order valence-corrected chi connectivity index (χ2v) is 8.28. The van der Waals surface area contributed by atoms with Crippen molar-refractivity contribution >= 4 is 52.3 Å². The zero-order valence-corrected chi connectivity index (χ0v) is 18.1. The average molecular weight is 486 g/mol. The second-order valence-electron chi connectivity index (χ2n) is 6.54. The van der Waals surface area contributed by atoms with Crippen LogP contribution < -0.4 is 5.73 Å². The molecule has 1 aromatic carbocycles. The van der Waals surface area contributed by atoms with Crippen LogP contribution in [0.15, 0.2) is 48.6 Å². The first-order valence-corrected chi connectivity index (χ1v) is 10.3. The fourth-order valence-electron chi connectivity index (χ4n) is 2.69. The Bertz CT molecular complexity index is 1060. The predicted octanol–water partition coefficient (Wildman–Crippen LogP) is 4.65. The van der Waals surface area contributed by atoms with Crippen LogP contribution in [-0.4, -0.2) is 47.0 Å². The van der Waals surface area contributed by atoms with E-state index < -0.39 is 12.1 Å². The summed E-state index contributed by atoms with van der Waals surface area (Å²) in [6, 6.07) is 11.4. The van der Waals surface area contributed by atoms with E-state index in [2.05, 4.69) is 6.08 Å². The maximum Gasteiger partial charge on any atom is 0.490 e. The molecule has 3 rings (SSSR count). The van der Waals surface area contributed by atoms with Crippen LogP contribution in [0.2, 0.25) is 4.34 Å². The molecule has 0 spiro atoms. The van der Waals surface area contributed by atoms with Gasteiger partial charge in [-0.2, -0.15) is 13.2 Å². The number of carbonyl (C=O) groups is 2. The molecule has 0 saturated carbocycles. The molecular formula is C21H19ClF3N3O3S. The highest BCUT2D eigenvalue weighted by Gasteiger charge is 2.38. The van der Waals surface area contributed by atoms with E-state index in [4.69, 9.17) is 32.6 Å². The number of carboxylic acid groups (broad SMARTS) is 1. The lowest BCUT2D eigenvalue weighted by Crippen LogP contribution is -2.33. The van der Waals surface area contributed by atoms with E-state index in [-0.39, 0.29) is 11.7 Å². The topological polar surface area (TPSA) is 107 Å². The van der Waals surface area contributed by atoms with Crippen molar-refractivity contribution in [2.75, 3.05) is 13.1 Å². The van der Waals surface area contributed by atoms with Crippen molar-refractivity contribution < 1.29 is 27.9 Å². The zero-order valence-electron chi connectivity index (χ0n) is 16.5. The van der Waals surface area contributed by atoms with Crippen molar-refractivity contribution in [1.29, 1.82) is 5.41 Å². The number of nitrogens with one attached hydrogen (secondary N) is 1. The number of carbonyl (C=O) groups excluding carboxylic acids is 1. The van der Waals surface area contributed by atoms with Gasteiger partial charge in [0.2, 0.25) is 5.91 Å². The molecule has 32 heavy (non-hydrogen) atoms. The van der Waals surface area contributed by atoms with Gasteiger partial charge in [0.15, 0.2) is 0 Å². The van der Waals surface area contributed by atoms with Crippen molar-refractivity contribution in [2.24, 2.45) is 5.73 Å². The first-order chi connectivity index (χ1) is 15.0. The van der Waals surface area contributed by atoms with Crippen molar-refractivity contribution in [3.05, 3.63) is 68.9 Å². The number of carboxylic acids is 1. The van der Waals surface area contributed by atoms with Gasteiger partial charge >= 0.3 is 12.1 Å². The molecule has 0 saturated heterocycles. The lowest BCUT2D eigenvalue weighted by atomic mass is 9.97. The van der Waals surface area contributed by atoms with Crippen LogP contribution in [0.1, 0.15) is 22.4 Å². The number of rotatable bonds is 4. The van der Waals surface area contributed by atoms with Crippen molar-refractivity contribution in [1.82, 2.24) is 4.90 Å². The molecule has 0 fully saturated rings. The quantitative estimate of drug-likeness (QED) is 0.333. The number of thiophene rings is 1. The van der Waals surface area contributed by atoms with Gasteiger partial charge in [-0.3, -0.25) is 10.2 Å². The Morgan fingerprint density at radius 2 is 1.94 bits per heavy atom. The summed E-state index contributed by atoms with van der Waals surface area (Å²) in [5.41, 5.74) is 8.51. The number of amidine groups is 1. The molecule has 0 unspecified atom stereocenters. The van der Waals surface area contributed by atoms with Gasteiger partial charge in [-0.1, -0.05) is 35.9 Å². The van der Waals surface area contributed by atoms with Crippen LogP contribution in [0, 0.1) is 5.41 Å². The first kappa shape index (κ1) is 25.2. The summed E-state index contributed by atoms with van der Waals surface area (Å²) in [6.45, 7) is 1.25. The maximum absolute atomic E-state index is 12.3. The summed E-state index contributed by atoms with van der Waals surface area (Å²) in [5, 5.41) is 14.7. The van der Waals surface area contributed by atoms with Gasteiger partial charge in [0.25, 0.3) is 0 Å². The average Bonchev–Trinajstić information content (AvgIpc) is 3.17. The third kappa shape index (κ3) is 7.54. The Kier molecular flexibility index (Phi) is 8.62. The second kappa shape index (κ2) is 11.0. The Balaban J connectivity index is 0.000000451. The van der Waals surface area contributed by atoms with E-state index in [0.29, 0.717) is 17.4 Å². The zero-order chi connectivity index (χ0) is 23.9. The molecule has 1 amide bonds. The third-order valence-corrected chi connectivity index (χ3v) is 5.49. The van der Waals surface area contributed by atoms with Crippen LogP contribution in [0.3, 0.4) is 0 Å². The molecule has 1 aliphatic heterocycles. The highest BCUT2D eigenvalue weighted by Crippen LogP contribution is 2.24. The Labute approximate surface area is 190 Å². The van der Waals surface area contributed by atoms with Crippen LogP contribution in [0.5, 0.6) is 0 Å². The van der Waals surface area contributed by atoms with E-state index in [1.54, 1.807) is 12.2 Å². The monoisotopic (exact) mass is 485 g/mol. The summed E-state index contributed by atoms with van der Waals surface area (Å²) in [4.78, 5) is 24.0. The molecule has 0 aliphatic carbocycles. The summed E-state index contributed by atoms with van der Waals surface area (Å²) in [7, 11) is 0. The van der Waals surface area contributed by atoms with Crippen LogP contribution >= 0.6 is 22.9 Å². The minimum absolute atomic E-state index is 0.00249.